The van der Waals surface area contributed by atoms with Gasteiger partial charge in [-0.15, -0.1) is 0 Å². The molecule has 0 heterocycles. The number of allylic oxidation sites excluding steroid dienone is 8. The van der Waals surface area contributed by atoms with Crippen LogP contribution in [0.2, 0.25) is 0 Å². The van der Waals surface area contributed by atoms with Crippen LogP contribution < -0.4 is 27.4 Å². The summed E-state index contributed by atoms with van der Waals surface area (Å²) in [6, 6.07) is 22.7. The number of hydrogen-bond donors (Lipinski definition) is 0. The van der Waals surface area contributed by atoms with Crippen molar-refractivity contribution in [3.8, 4) is 0 Å². The van der Waals surface area contributed by atoms with Gasteiger partial charge in [0.2, 0.25) is 0 Å². The maximum absolute atomic E-state index is 2.44. The van der Waals surface area contributed by atoms with Gasteiger partial charge >= 0.3 is 154 Å². The van der Waals surface area contributed by atoms with E-state index in [1.54, 1.807) is 16.9 Å². The Morgan fingerprint density at radius 1 is 0.640 bits per heavy atom. The van der Waals surface area contributed by atoms with Crippen LogP contribution in [0.5, 0.6) is 0 Å². The van der Waals surface area contributed by atoms with Crippen LogP contribution in [0.15, 0.2) is 104 Å². The smallest absolute Gasteiger partial charge is 1.00 e. The topological polar surface area (TPSA) is 0 Å². The van der Waals surface area contributed by atoms with Crippen LogP contribution in [0.25, 0.3) is 0 Å². The Morgan fingerprint density at radius 3 is 1.44 bits per heavy atom. The average molecular weight is 485 g/mol. The predicted molar refractivity (Wildman–Crippen MR) is 103 cm³/mol. The second-order valence-corrected chi connectivity index (χ2v) is 21.4. The third-order valence-electron chi connectivity index (χ3n) is 4.79. The van der Waals surface area contributed by atoms with Crippen molar-refractivity contribution in [2.45, 2.75) is 12.8 Å². The second-order valence-electron chi connectivity index (χ2n) is 6.32. The molecule has 0 radical (unpaired) electrons. The first-order valence-corrected chi connectivity index (χ1v) is 17.1. The number of rotatable bonds is 5. The van der Waals surface area contributed by atoms with Gasteiger partial charge in [-0.05, 0) is 0 Å². The van der Waals surface area contributed by atoms with Crippen LogP contribution in [0, 0.1) is 0 Å². The molecular formula is C22H21BrSiZr. The first kappa shape index (κ1) is 18.8. The first-order valence-electron chi connectivity index (χ1n) is 8.62. The largest absolute Gasteiger partial charge is 1.00 e. The van der Waals surface area contributed by atoms with Crippen molar-refractivity contribution < 1.29 is 37.9 Å². The van der Waals surface area contributed by atoms with Gasteiger partial charge in [0.05, 0.1) is 0 Å². The maximum Gasteiger partial charge on any atom is -1.00 e. The molecule has 2 aromatic rings. The van der Waals surface area contributed by atoms with Crippen molar-refractivity contribution in [1.29, 1.82) is 0 Å². The van der Waals surface area contributed by atoms with E-state index in [4.69, 9.17) is 0 Å². The van der Waals surface area contributed by atoms with Crippen molar-refractivity contribution in [1.82, 2.24) is 0 Å². The molecule has 0 saturated carbocycles. The fraction of sp³-hybridized carbons (Fsp3) is 0.0909. The summed E-state index contributed by atoms with van der Waals surface area (Å²) in [6.07, 6.45) is 16.5. The van der Waals surface area contributed by atoms with E-state index in [1.165, 1.54) is 12.8 Å². The molecule has 3 heteroatoms. The number of hydrogen-bond acceptors (Lipinski definition) is 0. The molecule has 0 fully saturated rings. The van der Waals surface area contributed by atoms with Crippen molar-refractivity contribution in [3.63, 3.8) is 0 Å². The van der Waals surface area contributed by atoms with Crippen molar-refractivity contribution in [2.75, 3.05) is 0 Å². The van der Waals surface area contributed by atoms with Gasteiger partial charge in [-0.3, -0.25) is 0 Å². The molecule has 0 N–H and O–H groups in total. The predicted octanol–water partition coefficient (Wildman–Crippen LogP) is 0.834. The minimum Gasteiger partial charge on any atom is -1.00 e. The summed E-state index contributed by atoms with van der Waals surface area (Å²) in [5.41, 5.74) is 0. The van der Waals surface area contributed by atoms with E-state index >= 15 is 0 Å². The van der Waals surface area contributed by atoms with Gasteiger partial charge in [0.15, 0.2) is 0 Å². The Labute approximate surface area is 169 Å². The van der Waals surface area contributed by atoms with Crippen molar-refractivity contribution >= 4 is 16.3 Å². The molecule has 0 atom stereocenters. The van der Waals surface area contributed by atoms with Gasteiger partial charge in [-0.2, -0.15) is 0 Å². The summed E-state index contributed by atoms with van der Waals surface area (Å²) in [7, 11) is 0. The van der Waals surface area contributed by atoms with Crippen LogP contribution in [0.4, 0.5) is 0 Å². The van der Waals surface area contributed by atoms with E-state index in [0.717, 1.165) is 0 Å². The summed E-state index contributed by atoms with van der Waals surface area (Å²) in [4.78, 5) is 0. The Bertz CT molecular complexity index is 752. The monoisotopic (exact) mass is 482 g/mol. The zero-order valence-electron chi connectivity index (χ0n) is 14.1. The molecule has 0 aliphatic heterocycles. The van der Waals surface area contributed by atoms with Crippen LogP contribution in [0.3, 0.4) is 0 Å². The Morgan fingerprint density at radius 2 is 1.08 bits per heavy atom. The normalized spacial score (nSPS) is 15.1. The summed E-state index contributed by atoms with van der Waals surface area (Å²) in [6.45, 7) is 0. The summed E-state index contributed by atoms with van der Waals surface area (Å²) in [5.74, 6) is -1.19. The van der Waals surface area contributed by atoms with Gasteiger partial charge in [-0.1, -0.05) is 0 Å². The molecule has 2 aromatic carbocycles. The summed E-state index contributed by atoms with van der Waals surface area (Å²) >= 11 is -1.89. The van der Waals surface area contributed by atoms with Gasteiger partial charge < -0.3 is 17.0 Å². The Hall–Kier alpha value is -1.02. The van der Waals surface area contributed by atoms with Gasteiger partial charge in [0, 0.05) is 0 Å². The summed E-state index contributed by atoms with van der Waals surface area (Å²) < 4.78 is 3.58. The molecule has 2 aliphatic rings. The second kappa shape index (κ2) is 9.07. The number of halogens is 1. The standard InChI is InChI=1S/C12H11Si.2C5H5.BrH.Zr/c1-3-7-11(8-4-1)13-12-9-5-2-6-10-12;2*1-2-4-5-3-1;;/h1-10,13H;2*1-3H,4H2;1H;/q;;;;+1/p-1. The average Bonchev–Trinajstić information content (AvgIpc) is 3.35. The van der Waals surface area contributed by atoms with E-state index in [1.807, 2.05) is 0 Å². The Kier molecular flexibility index (Phi) is 6.81. The molecule has 25 heavy (non-hydrogen) atoms. The van der Waals surface area contributed by atoms with E-state index in [2.05, 4.69) is 97.1 Å². The summed E-state index contributed by atoms with van der Waals surface area (Å²) in [5, 5.41) is 3.25. The van der Waals surface area contributed by atoms with Crippen LogP contribution >= 0.6 is 0 Å². The van der Waals surface area contributed by atoms with Gasteiger partial charge in [-0.25, -0.2) is 0 Å². The molecule has 4 rings (SSSR count). The molecular weight excluding hydrogens is 463 g/mol. The maximum atomic E-state index is 2.44. The van der Waals surface area contributed by atoms with Crippen LogP contribution in [-0.2, 0) is 20.9 Å². The molecule has 0 amide bonds. The fourth-order valence-electron chi connectivity index (χ4n) is 3.69. The van der Waals surface area contributed by atoms with Crippen molar-refractivity contribution in [3.05, 3.63) is 104 Å². The number of benzene rings is 2. The third kappa shape index (κ3) is 4.22. The molecule has 2 aliphatic carbocycles. The SMILES string of the molecule is C1=CC[C]([Zr+]([C]2=CC=CC2)[SiH](c2ccccc2)c2ccccc2)=C1.[Br-]. The third-order valence-corrected chi connectivity index (χ3v) is 26.3. The molecule has 0 saturated heterocycles. The van der Waals surface area contributed by atoms with E-state index in [-0.39, 0.29) is 17.0 Å². The minimum absolute atomic E-state index is 0. The van der Waals surface area contributed by atoms with E-state index < -0.39 is 26.8 Å². The molecule has 0 unspecified atom stereocenters. The molecule has 0 bridgehead atoms. The van der Waals surface area contributed by atoms with Gasteiger partial charge in [0.1, 0.15) is 0 Å². The molecule has 124 valence electrons. The van der Waals surface area contributed by atoms with E-state index in [9.17, 15) is 0 Å². The molecule has 0 spiro atoms. The van der Waals surface area contributed by atoms with Crippen molar-refractivity contribution in [2.24, 2.45) is 0 Å². The van der Waals surface area contributed by atoms with Gasteiger partial charge in [0.25, 0.3) is 0 Å². The fourth-order valence-corrected chi connectivity index (χ4v) is 26.5. The minimum atomic E-state index is -1.89. The van der Waals surface area contributed by atoms with E-state index in [0.29, 0.717) is 0 Å². The Balaban J connectivity index is 0.00000182. The molecule has 0 aromatic heterocycles. The quantitative estimate of drug-likeness (QED) is 0.552. The zero-order chi connectivity index (χ0) is 16.2. The van der Waals surface area contributed by atoms with Crippen LogP contribution in [0.1, 0.15) is 12.8 Å². The first-order chi connectivity index (χ1) is 11.9. The van der Waals surface area contributed by atoms with Crippen LogP contribution in [-0.4, -0.2) is 5.92 Å². The zero-order valence-corrected chi connectivity index (χ0v) is 19.3. The molecule has 0 nitrogen and oxygen atoms in total.